The Morgan fingerprint density at radius 1 is 1.52 bits per heavy atom. The zero-order chi connectivity index (χ0) is 17.8. The van der Waals surface area contributed by atoms with Crippen LogP contribution in [-0.2, 0) is 14.3 Å². The molecule has 0 fully saturated rings. The monoisotopic (exact) mass is 515 g/mol. The lowest BCUT2D eigenvalue weighted by molar-refractivity contribution is -0.144. The van der Waals surface area contributed by atoms with Crippen molar-refractivity contribution < 1.29 is 19.4 Å². The Bertz CT molecular complexity index is 535. The molecule has 0 spiro atoms. The van der Waals surface area contributed by atoms with E-state index in [1.165, 1.54) is 12.2 Å². The molecule has 1 rings (SSSR count). The molecule has 0 saturated carbocycles. The number of halogens is 5. The Hall–Kier alpha value is 0.430. The number of aliphatic hydroxyl groups is 1. The van der Waals surface area contributed by atoms with Gasteiger partial charge in [0.2, 0.25) is 9.70 Å². The van der Waals surface area contributed by atoms with Crippen LogP contribution in [0.3, 0.4) is 0 Å². The molecule has 5 nitrogen and oxygen atoms in total. The number of hydrogen-bond donors (Lipinski definition) is 2. The number of ketones is 1. The summed E-state index contributed by atoms with van der Waals surface area (Å²) in [5.41, 5.74) is -2.02. The van der Waals surface area contributed by atoms with Gasteiger partial charge in [-0.1, -0.05) is 69.0 Å². The lowest BCUT2D eigenvalue weighted by atomic mass is 9.80. The summed E-state index contributed by atoms with van der Waals surface area (Å²) in [6.45, 7) is 1.40. The average molecular weight is 517 g/mol. The second-order valence-electron chi connectivity index (χ2n) is 4.73. The highest BCUT2D eigenvalue weighted by Gasteiger charge is 2.46. The number of nitrogens with one attached hydrogen (secondary N) is 1. The van der Waals surface area contributed by atoms with Crippen molar-refractivity contribution in [3.05, 3.63) is 23.3 Å². The van der Waals surface area contributed by atoms with E-state index in [1.807, 2.05) is 0 Å². The second-order valence-corrected chi connectivity index (χ2v) is 8.62. The first-order valence-electron chi connectivity index (χ1n) is 6.37. The standard InChI is InChI=1S/C13H14Cl4INO4/c1-7(20)12(22)3-2-8(14)6-9(12)10(21)19-11(13(15,16)17)23-5-4-18/h2-3,6,9,11,22H,4-5H2,1H3,(H,19,21). The van der Waals surface area contributed by atoms with Crippen LogP contribution in [0.15, 0.2) is 23.3 Å². The molecule has 3 atom stereocenters. The molecule has 10 heteroatoms. The summed E-state index contributed by atoms with van der Waals surface area (Å²) in [5.74, 6) is -2.64. The van der Waals surface area contributed by atoms with Crippen LogP contribution in [0.2, 0.25) is 0 Å². The molecule has 1 amide bonds. The van der Waals surface area contributed by atoms with Gasteiger partial charge in [0.25, 0.3) is 0 Å². The van der Waals surface area contributed by atoms with Gasteiger partial charge in [-0.2, -0.15) is 0 Å². The van der Waals surface area contributed by atoms with Gasteiger partial charge in [-0.25, -0.2) is 0 Å². The Labute approximate surface area is 167 Å². The van der Waals surface area contributed by atoms with Crippen LogP contribution < -0.4 is 5.32 Å². The number of alkyl halides is 4. The Morgan fingerprint density at radius 2 is 2.13 bits per heavy atom. The molecule has 2 N–H and O–H groups in total. The molecule has 0 aromatic heterocycles. The molecule has 0 aliphatic heterocycles. The summed E-state index contributed by atoms with van der Waals surface area (Å²) in [5, 5.41) is 13.0. The summed E-state index contributed by atoms with van der Waals surface area (Å²) in [4.78, 5) is 24.2. The van der Waals surface area contributed by atoms with E-state index < -0.39 is 33.2 Å². The van der Waals surface area contributed by atoms with Crippen LogP contribution in [0.25, 0.3) is 0 Å². The zero-order valence-corrected chi connectivity index (χ0v) is 17.0. The topological polar surface area (TPSA) is 75.6 Å². The van der Waals surface area contributed by atoms with Crippen molar-refractivity contribution >= 4 is 80.7 Å². The smallest absolute Gasteiger partial charge is 0.234 e. The maximum absolute atomic E-state index is 12.5. The maximum atomic E-state index is 12.5. The van der Waals surface area contributed by atoms with Gasteiger partial charge < -0.3 is 15.2 Å². The number of allylic oxidation sites excluding steroid dienone is 2. The average Bonchev–Trinajstić information content (AvgIpc) is 2.44. The van der Waals surface area contributed by atoms with Gasteiger partial charge in [0.1, 0.15) is 0 Å². The van der Waals surface area contributed by atoms with Gasteiger partial charge in [-0.15, -0.1) is 0 Å². The molecule has 1 aliphatic rings. The number of rotatable bonds is 6. The molecule has 0 aromatic carbocycles. The Balaban J connectivity index is 3.00. The van der Waals surface area contributed by atoms with Crippen molar-refractivity contribution in [1.29, 1.82) is 0 Å². The molecule has 0 bridgehead atoms. The van der Waals surface area contributed by atoms with E-state index in [2.05, 4.69) is 27.9 Å². The maximum Gasteiger partial charge on any atom is 0.234 e. The molecule has 23 heavy (non-hydrogen) atoms. The third-order valence-corrected chi connectivity index (χ3v) is 4.36. The van der Waals surface area contributed by atoms with Crippen molar-refractivity contribution in [1.82, 2.24) is 5.32 Å². The molecule has 3 unspecified atom stereocenters. The normalized spacial score (nSPS) is 25.7. The van der Waals surface area contributed by atoms with Crippen molar-refractivity contribution in [2.24, 2.45) is 5.92 Å². The van der Waals surface area contributed by atoms with Gasteiger partial charge in [0.05, 0.1) is 12.5 Å². The van der Waals surface area contributed by atoms with Crippen LogP contribution in [0, 0.1) is 5.92 Å². The summed E-state index contributed by atoms with van der Waals surface area (Å²) in [6, 6.07) is 0. The SMILES string of the molecule is CC(=O)C1(O)C=CC(Cl)=CC1C(=O)NC(OCCI)C(Cl)(Cl)Cl. The predicted octanol–water partition coefficient (Wildman–Crippen LogP) is 2.88. The van der Waals surface area contributed by atoms with E-state index in [0.717, 1.165) is 13.0 Å². The lowest BCUT2D eigenvalue weighted by Crippen LogP contribution is -2.55. The minimum absolute atomic E-state index is 0.203. The van der Waals surface area contributed by atoms with Gasteiger partial charge in [0.15, 0.2) is 17.6 Å². The summed E-state index contributed by atoms with van der Waals surface area (Å²) in [7, 11) is 0. The van der Waals surface area contributed by atoms with E-state index in [1.54, 1.807) is 0 Å². The molecule has 1 aliphatic carbocycles. The van der Waals surface area contributed by atoms with Crippen LogP contribution in [-0.4, -0.2) is 43.5 Å². The fourth-order valence-corrected chi connectivity index (χ4v) is 2.66. The number of hydrogen-bond acceptors (Lipinski definition) is 4. The highest BCUT2D eigenvalue weighted by atomic mass is 127. The van der Waals surface area contributed by atoms with Gasteiger partial charge in [-0.05, 0) is 25.2 Å². The second kappa shape index (κ2) is 8.69. The lowest BCUT2D eigenvalue weighted by Gasteiger charge is -2.33. The molecular formula is C13H14Cl4INO4. The number of ether oxygens (including phenoxy) is 1. The Morgan fingerprint density at radius 3 is 2.61 bits per heavy atom. The first-order chi connectivity index (χ1) is 10.5. The minimum atomic E-state index is -2.02. The van der Waals surface area contributed by atoms with Gasteiger partial charge in [-0.3, -0.25) is 9.59 Å². The van der Waals surface area contributed by atoms with E-state index in [-0.39, 0.29) is 11.6 Å². The molecule has 0 saturated heterocycles. The number of amides is 1. The fourth-order valence-electron chi connectivity index (χ4n) is 1.86. The third-order valence-electron chi connectivity index (χ3n) is 3.08. The van der Waals surface area contributed by atoms with E-state index in [9.17, 15) is 14.7 Å². The number of carbonyl (C=O) groups excluding carboxylic acids is 2. The van der Waals surface area contributed by atoms with Gasteiger partial charge in [0, 0.05) is 9.46 Å². The quantitative estimate of drug-likeness (QED) is 0.323. The summed E-state index contributed by atoms with van der Waals surface area (Å²) < 4.78 is 3.99. The van der Waals surface area contributed by atoms with Crippen LogP contribution >= 0.6 is 69.0 Å². The highest BCUT2D eigenvalue weighted by molar-refractivity contribution is 14.1. The van der Waals surface area contributed by atoms with E-state index in [4.69, 9.17) is 51.1 Å². The molecule has 0 heterocycles. The van der Waals surface area contributed by atoms with Crippen molar-refractivity contribution in [2.45, 2.75) is 22.5 Å². The largest absolute Gasteiger partial charge is 0.377 e. The van der Waals surface area contributed by atoms with Crippen LogP contribution in [0.1, 0.15) is 6.92 Å². The molecular weight excluding hydrogens is 503 g/mol. The van der Waals surface area contributed by atoms with Crippen molar-refractivity contribution in [2.75, 3.05) is 11.0 Å². The molecule has 0 aromatic rings. The fraction of sp³-hybridized carbons (Fsp3) is 0.538. The summed E-state index contributed by atoms with van der Waals surface area (Å²) >= 11 is 25.3. The number of Topliss-reactive ketones (excluding diaryl/α,β-unsaturated/α-hetero) is 1. The van der Waals surface area contributed by atoms with E-state index in [0.29, 0.717) is 4.43 Å². The highest BCUT2D eigenvalue weighted by Crippen LogP contribution is 2.33. The predicted molar refractivity (Wildman–Crippen MR) is 99.3 cm³/mol. The Kier molecular flexibility index (Phi) is 8.11. The van der Waals surface area contributed by atoms with E-state index >= 15 is 0 Å². The van der Waals surface area contributed by atoms with Crippen LogP contribution in [0.5, 0.6) is 0 Å². The number of carbonyl (C=O) groups is 2. The van der Waals surface area contributed by atoms with Crippen molar-refractivity contribution in [3.63, 3.8) is 0 Å². The first kappa shape index (κ1) is 21.5. The molecule has 130 valence electrons. The van der Waals surface area contributed by atoms with Crippen molar-refractivity contribution in [3.8, 4) is 0 Å². The van der Waals surface area contributed by atoms with Crippen LogP contribution in [0.4, 0.5) is 0 Å². The first-order valence-corrected chi connectivity index (χ1v) is 9.40. The minimum Gasteiger partial charge on any atom is -0.377 e. The zero-order valence-electron chi connectivity index (χ0n) is 11.9. The third kappa shape index (κ3) is 5.73. The summed E-state index contributed by atoms with van der Waals surface area (Å²) in [6.07, 6.45) is 2.51. The molecule has 0 radical (unpaired) electrons. The van der Waals surface area contributed by atoms with Gasteiger partial charge >= 0.3 is 0 Å².